The summed E-state index contributed by atoms with van der Waals surface area (Å²) in [6.07, 6.45) is 0. The SMILES string of the molecule is Clc1cc(Cl)c(NCc2ccc(Br)c(Cl)c2)cc1Cl. The molecule has 6 heteroatoms. The largest absolute Gasteiger partial charge is 0.380 e. The first-order chi connectivity index (χ1) is 8.97. The van der Waals surface area contributed by atoms with Gasteiger partial charge in [-0.1, -0.05) is 52.5 Å². The van der Waals surface area contributed by atoms with Gasteiger partial charge in [0, 0.05) is 11.0 Å². The molecule has 2 aromatic rings. The summed E-state index contributed by atoms with van der Waals surface area (Å²) in [6, 6.07) is 9.06. The van der Waals surface area contributed by atoms with E-state index in [4.69, 9.17) is 46.4 Å². The molecule has 0 radical (unpaired) electrons. The molecule has 0 fully saturated rings. The van der Waals surface area contributed by atoms with Crippen LogP contribution in [0.4, 0.5) is 5.69 Å². The Labute approximate surface area is 139 Å². The van der Waals surface area contributed by atoms with Crippen LogP contribution < -0.4 is 5.32 Å². The first-order valence-corrected chi connectivity index (χ1v) is 7.60. The van der Waals surface area contributed by atoms with Crippen molar-refractivity contribution < 1.29 is 0 Å². The Morgan fingerprint density at radius 3 is 2.21 bits per heavy atom. The number of hydrogen-bond donors (Lipinski definition) is 1. The summed E-state index contributed by atoms with van der Waals surface area (Å²) in [7, 11) is 0. The van der Waals surface area contributed by atoms with E-state index in [-0.39, 0.29) is 0 Å². The molecule has 0 spiro atoms. The predicted octanol–water partition coefficient (Wildman–Crippen LogP) is 6.67. The molecule has 2 rings (SSSR count). The lowest BCUT2D eigenvalue weighted by atomic mass is 10.2. The van der Waals surface area contributed by atoms with Gasteiger partial charge >= 0.3 is 0 Å². The van der Waals surface area contributed by atoms with Crippen molar-refractivity contribution in [3.63, 3.8) is 0 Å². The van der Waals surface area contributed by atoms with Crippen LogP contribution in [0.5, 0.6) is 0 Å². The fourth-order valence-electron chi connectivity index (χ4n) is 1.50. The lowest BCUT2D eigenvalue weighted by molar-refractivity contribution is 1.15. The highest BCUT2D eigenvalue weighted by atomic mass is 79.9. The van der Waals surface area contributed by atoms with E-state index in [1.807, 2.05) is 18.2 Å². The summed E-state index contributed by atoms with van der Waals surface area (Å²) < 4.78 is 0.866. The standard InChI is InChI=1S/C13H8BrCl4N/c14-8-2-1-7(3-9(8)15)6-19-13-5-11(17)10(16)4-12(13)18/h1-5,19H,6H2. The van der Waals surface area contributed by atoms with Gasteiger partial charge in [0.1, 0.15) is 0 Å². The average molecular weight is 400 g/mol. The second-order valence-corrected chi connectivity index (χ2v) is 6.33. The van der Waals surface area contributed by atoms with Crippen LogP contribution >= 0.6 is 62.3 Å². The third kappa shape index (κ3) is 3.93. The van der Waals surface area contributed by atoms with Crippen LogP contribution in [0.3, 0.4) is 0 Å². The van der Waals surface area contributed by atoms with E-state index < -0.39 is 0 Å². The molecule has 100 valence electrons. The lowest BCUT2D eigenvalue weighted by Gasteiger charge is -2.10. The zero-order chi connectivity index (χ0) is 14.0. The summed E-state index contributed by atoms with van der Waals surface area (Å²) in [5.74, 6) is 0. The Morgan fingerprint density at radius 2 is 1.53 bits per heavy atom. The minimum absolute atomic E-state index is 0.434. The molecule has 19 heavy (non-hydrogen) atoms. The second kappa shape index (κ2) is 6.55. The molecule has 0 saturated carbocycles. The summed E-state index contributed by atoms with van der Waals surface area (Å²) in [5, 5.41) is 5.28. The molecule has 0 unspecified atom stereocenters. The molecule has 1 nitrogen and oxygen atoms in total. The maximum absolute atomic E-state index is 6.09. The molecule has 0 saturated heterocycles. The van der Waals surface area contributed by atoms with Crippen LogP contribution in [0.2, 0.25) is 20.1 Å². The summed E-state index contributed by atoms with van der Waals surface area (Å²) in [5.41, 5.74) is 1.77. The Balaban J connectivity index is 2.14. The topological polar surface area (TPSA) is 12.0 Å². The first-order valence-electron chi connectivity index (χ1n) is 5.29. The van der Waals surface area contributed by atoms with Crippen molar-refractivity contribution in [2.24, 2.45) is 0 Å². The van der Waals surface area contributed by atoms with E-state index in [2.05, 4.69) is 21.2 Å². The maximum atomic E-state index is 6.09. The quantitative estimate of drug-likeness (QED) is 0.568. The number of hydrogen-bond acceptors (Lipinski definition) is 1. The number of nitrogens with one attached hydrogen (secondary N) is 1. The maximum Gasteiger partial charge on any atom is 0.0653 e. The fourth-order valence-corrected chi connectivity index (χ4v) is 2.57. The van der Waals surface area contributed by atoms with Crippen LogP contribution in [0.1, 0.15) is 5.56 Å². The molecule has 0 aliphatic carbocycles. The highest BCUT2D eigenvalue weighted by Crippen LogP contribution is 2.32. The molecule has 0 heterocycles. The van der Waals surface area contributed by atoms with Crippen LogP contribution in [0.25, 0.3) is 0 Å². The number of benzene rings is 2. The molecule has 0 aliphatic rings. The Bertz CT molecular complexity index is 616. The Hall–Kier alpha value is -0.120. The zero-order valence-electron chi connectivity index (χ0n) is 9.48. The van der Waals surface area contributed by atoms with Crippen LogP contribution in [-0.2, 0) is 6.54 Å². The third-order valence-corrected chi connectivity index (χ3v) is 4.74. The number of anilines is 1. The Morgan fingerprint density at radius 1 is 0.842 bits per heavy atom. The average Bonchev–Trinajstić information content (AvgIpc) is 2.36. The van der Waals surface area contributed by atoms with E-state index >= 15 is 0 Å². The van der Waals surface area contributed by atoms with Crippen molar-refractivity contribution in [2.45, 2.75) is 6.54 Å². The molecule has 0 amide bonds. The highest BCUT2D eigenvalue weighted by molar-refractivity contribution is 9.10. The number of halogens is 5. The van der Waals surface area contributed by atoms with Crippen molar-refractivity contribution in [2.75, 3.05) is 5.32 Å². The van der Waals surface area contributed by atoms with Gasteiger partial charge in [0.25, 0.3) is 0 Å². The van der Waals surface area contributed by atoms with Gasteiger partial charge in [-0.2, -0.15) is 0 Å². The summed E-state index contributed by atoms with van der Waals surface area (Å²) in [4.78, 5) is 0. The molecule has 0 aromatic heterocycles. The van der Waals surface area contributed by atoms with Crippen LogP contribution in [-0.4, -0.2) is 0 Å². The zero-order valence-corrected chi connectivity index (χ0v) is 14.1. The monoisotopic (exact) mass is 397 g/mol. The minimum atomic E-state index is 0.434. The van der Waals surface area contributed by atoms with E-state index in [1.54, 1.807) is 12.1 Å². The third-order valence-electron chi connectivity index (χ3n) is 2.48. The van der Waals surface area contributed by atoms with Gasteiger partial charge in [-0.25, -0.2) is 0 Å². The van der Waals surface area contributed by atoms with Crippen molar-refractivity contribution in [1.82, 2.24) is 0 Å². The molecular weight excluding hydrogens is 392 g/mol. The van der Waals surface area contributed by atoms with Crippen molar-refractivity contribution in [1.29, 1.82) is 0 Å². The second-order valence-electron chi connectivity index (χ2n) is 3.85. The molecule has 0 aliphatic heterocycles. The van der Waals surface area contributed by atoms with Gasteiger partial charge in [0.2, 0.25) is 0 Å². The first kappa shape index (κ1) is 15.3. The van der Waals surface area contributed by atoms with Gasteiger partial charge in [-0.3, -0.25) is 0 Å². The van der Waals surface area contributed by atoms with Gasteiger partial charge in [0.05, 0.1) is 25.8 Å². The Kier molecular flexibility index (Phi) is 5.27. The van der Waals surface area contributed by atoms with E-state index in [1.165, 1.54) is 0 Å². The van der Waals surface area contributed by atoms with Crippen molar-refractivity contribution >= 4 is 68.0 Å². The highest BCUT2D eigenvalue weighted by Gasteiger charge is 2.06. The minimum Gasteiger partial charge on any atom is -0.380 e. The molecular formula is C13H8BrCl4N. The van der Waals surface area contributed by atoms with Crippen molar-refractivity contribution in [3.05, 3.63) is 60.5 Å². The van der Waals surface area contributed by atoms with E-state index in [9.17, 15) is 0 Å². The smallest absolute Gasteiger partial charge is 0.0653 e. The van der Waals surface area contributed by atoms with Gasteiger partial charge in [-0.15, -0.1) is 0 Å². The van der Waals surface area contributed by atoms with E-state index in [0.717, 1.165) is 15.7 Å². The fraction of sp³-hybridized carbons (Fsp3) is 0.0769. The molecule has 2 aromatic carbocycles. The summed E-state index contributed by atoms with van der Waals surface area (Å²) in [6.45, 7) is 0.588. The van der Waals surface area contributed by atoms with Crippen LogP contribution in [0.15, 0.2) is 34.8 Å². The number of rotatable bonds is 3. The molecule has 0 atom stereocenters. The van der Waals surface area contributed by atoms with Crippen LogP contribution in [0, 0.1) is 0 Å². The van der Waals surface area contributed by atoms with Gasteiger partial charge in [0.15, 0.2) is 0 Å². The molecule has 1 N–H and O–H groups in total. The normalized spacial score (nSPS) is 10.6. The predicted molar refractivity (Wildman–Crippen MR) is 88.0 cm³/mol. The lowest BCUT2D eigenvalue weighted by Crippen LogP contribution is -2.00. The van der Waals surface area contributed by atoms with Gasteiger partial charge < -0.3 is 5.32 Å². The van der Waals surface area contributed by atoms with Gasteiger partial charge in [-0.05, 0) is 45.8 Å². The van der Waals surface area contributed by atoms with Crippen molar-refractivity contribution in [3.8, 4) is 0 Å². The summed E-state index contributed by atoms with van der Waals surface area (Å²) >= 11 is 27.3. The molecule has 0 bridgehead atoms. The van der Waals surface area contributed by atoms with E-state index in [0.29, 0.717) is 26.6 Å².